The lowest BCUT2D eigenvalue weighted by molar-refractivity contribution is -0.193. The molecule has 0 bridgehead atoms. The molecule has 0 amide bonds. The van der Waals surface area contributed by atoms with Crippen LogP contribution in [-0.4, -0.2) is 87.1 Å². The van der Waals surface area contributed by atoms with Gasteiger partial charge in [-0.1, -0.05) is 0 Å². The quantitative estimate of drug-likeness (QED) is 0.590. The van der Waals surface area contributed by atoms with Gasteiger partial charge < -0.3 is 15.1 Å². The van der Waals surface area contributed by atoms with Crippen molar-refractivity contribution >= 4 is 29.2 Å². The molecule has 2 aromatic rings. The van der Waals surface area contributed by atoms with Gasteiger partial charge in [-0.2, -0.15) is 26.3 Å². The van der Waals surface area contributed by atoms with E-state index in [1.165, 1.54) is 5.69 Å². The fourth-order valence-electron chi connectivity index (χ4n) is 2.42. The van der Waals surface area contributed by atoms with E-state index in [-0.39, 0.29) is 0 Å². The van der Waals surface area contributed by atoms with Crippen molar-refractivity contribution in [2.75, 3.05) is 37.6 Å². The molecule has 3 heterocycles. The first-order valence-electron chi connectivity index (χ1n) is 9.45. The second-order valence-electron chi connectivity index (χ2n) is 6.59. The topological polar surface area (TPSA) is 120 Å². The third-order valence-corrected chi connectivity index (χ3v) is 4.87. The maximum absolute atomic E-state index is 10.6. The van der Waals surface area contributed by atoms with Crippen LogP contribution < -0.4 is 4.90 Å². The summed E-state index contributed by atoms with van der Waals surface area (Å²) in [6.07, 6.45) is -5.51. The molecule has 16 heteroatoms. The minimum absolute atomic E-state index is 0.849. The number of halogens is 6. The van der Waals surface area contributed by atoms with Gasteiger partial charge in [0.2, 0.25) is 5.95 Å². The van der Waals surface area contributed by atoms with Crippen molar-refractivity contribution in [3.05, 3.63) is 34.5 Å². The summed E-state index contributed by atoms with van der Waals surface area (Å²) in [6.45, 7) is 7.29. The number of rotatable bonds is 4. The zero-order valence-corrected chi connectivity index (χ0v) is 18.5. The Kier molecular flexibility index (Phi) is 11.1. The van der Waals surface area contributed by atoms with E-state index in [0.717, 1.165) is 50.1 Å². The van der Waals surface area contributed by atoms with Crippen LogP contribution in [0, 0.1) is 6.92 Å². The minimum Gasteiger partial charge on any atom is -0.475 e. The van der Waals surface area contributed by atoms with Gasteiger partial charge >= 0.3 is 24.3 Å². The molecular formula is C18H21F6N5O4S. The maximum atomic E-state index is 10.6. The van der Waals surface area contributed by atoms with Crippen LogP contribution in [0.15, 0.2) is 23.8 Å². The Balaban J connectivity index is 0.000000343. The number of carboxylic acids is 2. The number of aliphatic carboxylic acids is 2. The summed E-state index contributed by atoms with van der Waals surface area (Å²) in [6, 6.07) is 1.86. The number of aromatic nitrogens is 3. The Bertz CT molecular complexity index is 878. The number of anilines is 1. The molecule has 2 N–H and O–H groups in total. The largest absolute Gasteiger partial charge is 0.490 e. The molecule has 1 saturated heterocycles. The van der Waals surface area contributed by atoms with Crippen LogP contribution in [0.1, 0.15) is 10.7 Å². The van der Waals surface area contributed by atoms with Crippen LogP contribution in [0.2, 0.25) is 0 Å². The predicted molar refractivity (Wildman–Crippen MR) is 109 cm³/mol. The average Bonchev–Trinajstić information content (AvgIpc) is 3.18. The molecule has 0 unspecified atom stereocenters. The van der Waals surface area contributed by atoms with Gasteiger partial charge in [0.25, 0.3) is 0 Å². The fraction of sp³-hybridized carbons (Fsp3) is 0.500. The van der Waals surface area contributed by atoms with Crippen LogP contribution in [-0.2, 0) is 16.0 Å². The zero-order valence-electron chi connectivity index (χ0n) is 17.7. The van der Waals surface area contributed by atoms with Crippen LogP contribution >= 0.6 is 11.3 Å². The second kappa shape index (κ2) is 13.0. The second-order valence-corrected chi connectivity index (χ2v) is 7.65. The number of carbonyl (C=O) groups is 2. The highest BCUT2D eigenvalue weighted by Gasteiger charge is 2.38. The number of hydrogen-bond donors (Lipinski definition) is 2. The van der Waals surface area contributed by atoms with E-state index in [9.17, 15) is 26.3 Å². The van der Waals surface area contributed by atoms with E-state index in [1.807, 2.05) is 6.07 Å². The normalized spacial score (nSPS) is 14.4. The summed E-state index contributed by atoms with van der Waals surface area (Å²) >= 11 is 1.73. The van der Waals surface area contributed by atoms with Crippen molar-refractivity contribution in [1.82, 2.24) is 19.9 Å². The first kappa shape index (κ1) is 29.0. The highest BCUT2D eigenvalue weighted by molar-refractivity contribution is 7.09. The molecule has 0 spiro atoms. The van der Waals surface area contributed by atoms with E-state index in [0.29, 0.717) is 0 Å². The van der Waals surface area contributed by atoms with E-state index in [2.05, 4.69) is 37.1 Å². The van der Waals surface area contributed by atoms with Crippen molar-refractivity contribution in [3.63, 3.8) is 0 Å². The molecule has 0 aliphatic carbocycles. The smallest absolute Gasteiger partial charge is 0.475 e. The van der Waals surface area contributed by atoms with Crippen molar-refractivity contribution in [2.24, 2.45) is 0 Å². The molecule has 34 heavy (non-hydrogen) atoms. The van der Waals surface area contributed by atoms with Crippen molar-refractivity contribution in [2.45, 2.75) is 25.7 Å². The van der Waals surface area contributed by atoms with Crippen LogP contribution in [0.3, 0.4) is 0 Å². The monoisotopic (exact) mass is 517 g/mol. The van der Waals surface area contributed by atoms with E-state index >= 15 is 0 Å². The lowest BCUT2D eigenvalue weighted by Gasteiger charge is -2.34. The lowest BCUT2D eigenvalue weighted by Crippen LogP contribution is -2.47. The van der Waals surface area contributed by atoms with Gasteiger partial charge in [0.15, 0.2) is 0 Å². The summed E-state index contributed by atoms with van der Waals surface area (Å²) < 4.78 is 63.5. The number of thiazole rings is 1. The van der Waals surface area contributed by atoms with Gasteiger partial charge in [0.1, 0.15) is 0 Å². The Morgan fingerprint density at radius 3 is 1.82 bits per heavy atom. The van der Waals surface area contributed by atoms with Crippen LogP contribution in [0.25, 0.3) is 0 Å². The third-order valence-electron chi connectivity index (χ3n) is 4.04. The molecule has 3 rings (SSSR count). The molecule has 1 fully saturated rings. The van der Waals surface area contributed by atoms with Crippen molar-refractivity contribution in [1.29, 1.82) is 0 Å². The molecule has 1 aliphatic rings. The lowest BCUT2D eigenvalue weighted by atomic mass is 10.2. The first-order valence-corrected chi connectivity index (χ1v) is 10.3. The van der Waals surface area contributed by atoms with Crippen LogP contribution in [0.4, 0.5) is 32.3 Å². The fourth-order valence-corrected chi connectivity index (χ4v) is 3.07. The van der Waals surface area contributed by atoms with Crippen molar-refractivity contribution < 1.29 is 46.1 Å². The minimum atomic E-state index is -5.08. The summed E-state index contributed by atoms with van der Waals surface area (Å²) in [4.78, 5) is 35.7. The van der Waals surface area contributed by atoms with Crippen molar-refractivity contribution in [3.8, 4) is 0 Å². The van der Waals surface area contributed by atoms with Gasteiger partial charge in [0.05, 0.1) is 10.7 Å². The Morgan fingerprint density at radius 1 is 0.971 bits per heavy atom. The molecule has 0 radical (unpaired) electrons. The van der Waals surface area contributed by atoms with Gasteiger partial charge in [-0.3, -0.25) is 4.90 Å². The summed E-state index contributed by atoms with van der Waals surface area (Å²) in [5.41, 5.74) is 1.22. The van der Waals surface area contributed by atoms with Crippen LogP contribution in [0.5, 0.6) is 0 Å². The SMILES string of the molecule is Cc1nc(CCN2CCN(c3ncccn3)CC2)cs1.O=C(O)C(F)(F)F.O=C(O)C(F)(F)F. The number of aryl methyl sites for hydroxylation is 1. The Labute approximate surface area is 193 Å². The summed E-state index contributed by atoms with van der Waals surface area (Å²) in [7, 11) is 0. The number of carboxylic acid groups (broad SMARTS) is 2. The first-order chi connectivity index (χ1) is 15.7. The maximum Gasteiger partial charge on any atom is 0.490 e. The molecule has 190 valence electrons. The van der Waals surface area contributed by atoms with Gasteiger partial charge in [-0.15, -0.1) is 11.3 Å². The number of piperazine rings is 1. The number of hydrogen-bond acceptors (Lipinski definition) is 8. The summed E-state index contributed by atoms with van der Waals surface area (Å²) in [5, 5.41) is 17.6. The van der Waals surface area contributed by atoms with E-state index < -0.39 is 24.3 Å². The summed E-state index contributed by atoms with van der Waals surface area (Å²) in [5.74, 6) is -4.66. The Morgan fingerprint density at radius 2 is 1.44 bits per heavy atom. The third kappa shape index (κ3) is 11.2. The molecule has 9 nitrogen and oxygen atoms in total. The van der Waals surface area contributed by atoms with E-state index in [1.54, 1.807) is 23.7 Å². The molecular weight excluding hydrogens is 496 g/mol. The average molecular weight is 517 g/mol. The molecule has 1 aliphatic heterocycles. The molecule has 0 saturated carbocycles. The highest BCUT2D eigenvalue weighted by Crippen LogP contribution is 2.14. The molecule has 2 aromatic heterocycles. The van der Waals surface area contributed by atoms with Gasteiger partial charge in [0, 0.05) is 56.9 Å². The van der Waals surface area contributed by atoms with Gasteiger partial charge in [-0.05, 0) is 13.0 Å². The number of nitrogens with zero attached hydrogens (tertiary/aromatic N) is 5. The zero-order chi connectivity index (χ0) is 25.9. The Hall–Kier alpha value is -3.01. The molecule has 0 atom stereocenters. The number of alkyl halides is 6. The molecule has 0 aromatic carbocycles. The van der Waals surface area contributed by atoms with Gasteiger partial charge in [-0.25, -0.2) is 24.5 Å². The highest BCUT2D eigenvalue weighted by atomic mass is 32.1. The predicted octanol–water partition coefficient (Wildman–Crippen LogP) is 2.87. The standard InChI is InChI=1S/C14H19N5S.2C2HF3O2/c1-12-17-13(11-20-12)3-6-18-7-9-19(10-8-18)14-15-4-2-5-16-14;2*3-2(4,5)1(6)7/h2,4-5,11H,3,6-10H2,1H3;2*(H,6,7). The van der Waals surface area contributed by atoms with E-state index in [4.69, 9.17) is 19.8 Å².